The zero-order valence-electron chi connectivity index (χ0n) is 16.8. The molecule has 1 rings (SSSR count). The number of aryl methyl sites for hydroxylation is 1. The largest absolute Gasteiger partial charge is 0.384 e. The summed E-state index contributed by atoms with van der Waals surface area (Å²) in [5.74, 6) is 0.942. The van der Waals surface area contributed by atoms with Gasteiger partial charge in [-0.3, -0.25) is 4.79 Å². The van der Waals surface area contributed by atoms with Crippen molar-refractivity contribution in [3.05, 3.63) is 11.3 Å². The molecule has 0 fully saturated rings. The second-order valence-electron chi connectivity index (χ2n) is 7.27. The smallest absolute Gasteiger partial charge is 0.146 e. The Morgan fingerprint density at radius 3 is 1.76 bits per heavy atom. The van der Waals surface area contributed by atoms with Gasteiger partial charge in [-0.25, -0.2) is 4.68 Å². The van der Waals surface area contributed by atoms with Crippen molar-refractivity contribution >= 4 is 11.6 Å². The lowest BCUT2D eigenvalue weighted by Gasteiger charge is -2.20. The first-order chi connectivity index (χ1) is 10.8. The molecule has 0 aliphatic heterocycles. The van der Waals surface area contributed by atoms with Crippen LogP contribution in [0.3, 0.4) is 0 Å². The van der Waals surface area contributed by atoms with E-state index in [4.69, 9.17) is 16.7 Å². The highest BCUT2D eigenvalue weighted by Gasteiger charge is 2.19. The third-order valence-corrected chi connectivity index (χ3v) is 3.32. The molecule has 0 amide bonds. The molecule has 1 aromatic heterocycles. The Morgan fingerprint density at radius 2 is 1.68 bits per heavy atom. The minimum atomic E-state index is -0.431. The van der Waals surface area contributed by atoms with Crippen LogP contribution in [0, 0.1) is 37.0 Å². The molecule has 0 aromatic carbocycles. The molecule has 0 radical (unpaired) electrons. The van der Waals surface area contributed by atoms with Gasteiger partial charge in [0.1, 0.15) is 17.5 Å². The third-order valence-electron chi connectivity index (χ3n) is 3.32. The number of anilines is 1. The molecule has 0 aliphatic rings. The SMILES string of the molecule is C.CC(=O)C(C)C#N.CC(C)CN.Cc1nn(C(C)(C)C)c(N)c1C. The average molecular weight is 354 g/mol. The van der Waals surface area contributed by atoms with E-state index in [9.17, 15) is 4.79 Å². The molecule has 1 aromatic rings. The number of hydrogen-bond donors (Lipinski definition) is 2. The van der Waals surface area contributed by atoms with Crippen LogP contribution in [0.15, 0.2) is 0 Å². The van der Waals surface area contributed by atoms with Gasteiger partial charge in [-0.05, 0) is 60.9 Å². The summed E-state index contributed by atoms with van der Waals surface area (Å²) in [7, 11) is 0. The first-order valence-electron chi connectivity index (χ1n) is 8.21. The number of carbonyl (C=O) groups is 1. The Hall–Kier alpha value is -1.87. The van der Waals surface area contributed by atoms with Gasteiger partial charge in [0.05, 0.1) is 17.3 Å². The van der Waals surface area contributed by atoms with Gasteiger partial charge in [-0.15, -0.1) is 0 Å². The molecule has 1 unspecified atom stereocenters. The van der Waals surface area contributed by atoms with Gasteiger partial charge < -0.3 is 11.5 Å². The number of Topliss-reactive ketones (excluding diaryl/α,β-unsaturated/α-hetero) is 1. The van der Waals surface area contributed by atoms with Crippen molar-refractivity contribution in [1.29, 1.82) is 5.26 Å². The summed E-state index contributed by atoms with van der Waals surface area (Å²) < 4.78 is 1.87. The molecule has 1 atom stereocenters. The van der Waals surface area contributed by atoms with Crippen molar-refractivity contribution in [1.82, 2.24) is 9.78 Å². The molecule has 146 valence electrons. The molecule has 4 N–H and O–H groups in total. The summed E-state index contributed by atoms with van der Waals surface area (Å²) in [6, 6.07) is 1.81. The van der Waals surface area contributed by atoms with Crippen LogP contribution in [-0.4, -0.2) is 22.1 Å². The Balaban J connectivity index is -0.000000320. The maximum Gasteiger partial charge on any atom is 0.146 e. The summed E-state index contributed by atoms with van der Waals surface area (Å²) in [6.45, 7) is 18.3. The number of ketones is 1. The number of nitrogens with zero attached hydrogens (tertiary/aromatic N) is 3. The summed E-state index contributed by atoms with van der Waals surface area (Å²) in [5, 5.41) is 12.4. The van der Waals surface area contributed by atoms with E-state index in [-0.39, 0.29) is 18.7 Å². The zero-order valence-corrected chi connectivity index (χ0v) is 16.8. The molecule has 6 nitrogen and oxygen atoms in total. The Bertz CT molecular complexity index is 547. The van der Waals surface area contributed by atoms with Gasteiger partial charge in [0, 0.05) is 5.56 Å². The molecule has 6 heteroatoms. The summed E-state index contributed by atoms with van der Waals surface area (Å²) in [5.41, 5.74) is 13.1. The lowest BCUT2D eigenvalue weighted by molar-refractivity contribution is -0.118. The van der Waals surface area contributed by atoms with Crippen molar-refractivity contribution < 1.29 is 4.79 Å². The molecule has 0 spiro atoms. The van der Waals surface area contributed by atoms with Crippen LogP contribution in [0.2, 0.25) is 0 Å². The van der Waals surface area contributed by atoms with Gasteiger partial charge >= 0.3 is 0 Å². The normalized spacial score (nSPS) is 11.1. The highest BCUT2D eigenvalue weighted by Crippen LogP contribution is 2.22. The van der Waals surface area contributed by atoms with Gasteiger partial charge in [-0.1, -0.05) is 21.3 Å². The fourth-order valence-corrected chi connectivity index (χ4v) is 1.23. The van der Waals surface area contributed by atoms with Crippen molar-refractivity contribution in [2.75, 3.05) is 12.3 Å². The molecule has 1 heterocycles. The standard InChI is InChI=1S/C9H17N3.C5H7NO.C4H11N.CH4/c1-6-7(2)11-12(8(6)10)9(3,4)5;1-4(3-6)5(2)7;1-4(2)3-5;/h10H2,1-5H3;4H,1-2H3;4H,3,5H2,1-2H3;1H4. The quantitative estimate of drug-likeness (QED) is 0.840. The minimum Gasteiger partial charge on any atom is -0.384 e. The third kappa shape index (κ3) is 11.3. The zero-order chi connectivity index (χ0) is 19.7. The molecular formula is C19H39N5O. The van der Waals surface area contributed by atoms with Gasteiger partial charge in [0.25, 0.3) is 0 Å². The summed E-state index contributed by atoms with van der Waals surface area (Å²) >= 11 is 0. The number of hydrogen-bond acceptors (Lipinski definition) is 5. The van der Waals surface area contributed by atoms with Crippen LogP contribution in [0.5, 0.6) is 0 Å². The van der Waals surface area contributed by atoms with Gasteiger partial charge in [0.2, 0.25) is 0 Å². The number of nitrogens with two attached hydrogens (primary N) is 2. The maximum atomic E-state index is 10.2. The number of rotatable bonds is 2. The van der Waals surface area contributed by atoms with Crippen LogP contribution in [0.4, 0.5) is 5.82 Å². The lowest BCUT2D eigenvalue weighted by atomic mass is 10.1. The first kappa shape index (κ1) is 28.0. The summed E-state index contributed by atoms with van der Waals surface area (Å²) in [6.07, 6.45) is 0. The second kappa shape index (κ2) is 12.5. The molecule has 25 heavy (non-hydrogen) atoms. The topological polar surface area (TPSA) is 111 Å². The van der Waals surface area contributed by atoms with Gasteiger partial charge in [-0.2, -0.15) is 10.4 Å². The Labute approximate surface area is 154 Å². The van der Waals surface area contributed by atoms with E-state index < -0.39 is 5.92 Å². The van der Waals surface area contributed by atoms with Crippen LogP contribution < -0.4 is 11.5 Å². The number of aromatic nitrogens is 2. The minimum absolute atomic E-state index is 0. The lowest BCUT2D eigenvalue weighted by Crippen LogP contribution is -2.24. The van der Waals surface area contributed by atoms with Crippen LogP contribution >= 0.6 is 0 Å². The summed E-state index contributed by atoms with van der Waals surface area (Å²) in [4.78, 5) is 10.2. The van der Waals surface area contributed by atoms with Crippen molar-refractivity contribution in [3.63, 3.8) is 0 Å². The van der Waals surface area contributed by atoms with E-state index in [1.54, 1.807) is 6.92 Å². The fraction of sp³-hybridized carbons (Fsp3) is 0.737. The van der Waals surface area contributed by atoms with E-state index in [1.807, 2.05) is 24.6 Å². The van der Waals surface area contributed by atoms with Crippen molar-refractivity contribution in [2.24, 2.45) is 17.6 Å². The number of nitriles is 1. The van der Waals surface area contributed by atoms with E-state index >= 15 is 0 Å². The van der Waals surface area contributed by atoms with Crippen molar-refractivity contribution in [2.45, 2.75) is 75.3 Å². The maximum absolute atomic E-state index is 10.2. The van der Waals surface area contributed by atoms with E-state index in [2.05, 4.69) is 39.7 Å². The highest BCUT2D eigenvalue weighted by molar-refractivity contribution is 5.80. The second-order valence-corrected chi connectivity index (χ2v) is 7.27. The predicted octanol–water partition coefficient (Wildman–Crippen LogP) is 3.81. The average Bonchev–Trinajstić information content (AvgIpc) is 2.75. The molecule has 0 saturated carbocycles. The first-order valence-corrected chi connectivity index (χ1v) is 8.21. The number of carbonyl (C=O) groups excluding carboxylic acids is 1. The van der Waals surface area contributed by atoms with E-state index in [0.29, 0.717) is 5.92 Å². The van der Waals surface area contributed by atoms with Gasteiger partial charge in [0.15, 0.2) is 0 Å². The van der Waals surface area contributed by atoms with Crippen LogP contribution in [0.1, 0.15) is 67.2 Å². The molecule has 0 bridgehead atoms. The molecular weight excluding hydrogens is 314 g/mol. The van der Waals surface area contributed by atoms with E-state index in [1.165, 1.54) is 6.92 Å². The fourth-order valence-electron chi connectivity index (χ4n) is 1.23. The van der Waals surface area contributed by atoms with Crippen LogP contribution in [-0.2, 0) is 10.3 Å². The molecule has 0 aliphatic carbocycles. The molecule has 0 saturated heterocycles. The highest BCUT2D eigenvalue weighted by atomic mass is 16.1. The van der Waals surface area contributed by atoms with Crippen molar-refractivity contribution in [3.8, 4) is 6.07 Å². The monoisotopic (exact) mass is 353 g/mol. The Kier molecular flexibility index (Phi) is 14.0. The number of nitrogen functional groups attached to an aromatic ring is 1. The predicted molar refractivity (Wildman–Crippen MR) is 107 cm³/mol. The van der Waals surface area contributed by atoms with E-state index in [0.717, 1.165) is 23.6 Å². The van der Waals surface area contributed by atoms with Crippen LogP contribution in [0.25, 0.3) is 0 Å². The Morgan fingerprint density at radius 1 is 1.28 bits per heavy atom.